The number of likely N-dealkylation sites (tertiary alicyclic amines) is 1. The number of ether oxygens (including phenoxy) is 1. The van der Waals surface area contributed by atoms with Crippen LogP contribution in [0.1, 0.15) is 38.7 Å². The van der Waals surface area contributed by atoms with E-state index < -0.39 is 34.9 Å². The third kappa shape index (κ3) is 7.47. The Bertz CT molecular complexity index is 1320. The molecule has 0 radical (unpaired) electrons. The zero-order valence-electron chi connectivity index (χ0n) is 24.9. The number of benzene rings is 1. The van der Waals surface area contributed by atoms with Crippen LogP contribution in [0.25, 0.3) is 0 Å². The van der Waals surface area contributed by atoms with Crippen molar-refractivity contribution in [1.82, 2.24) is 15.1 Å². The van der Waals surface area contributed by atoms with E-state index in [4.69, 9.17) is 24.5 Å². The zero-order valence-corrected chi connectivity index (χ0v) is 25.7. The maximum Gasteiger partial charge on any atom is 0.414 e. The Kier molecular flexibility index (Phi) is 11.2. The molecule has 0 aliphatic carbocycles. The van der Waals surface area contributed by atoms with E-state index in [9.17, 15) is 29.9 Å². The Labute approximate surface area is 263 Å². The molecule has 4 aliphatic rings. The maximum absolute atomic E-state index is 13.5. The fourth-order valence-electron chi connectivity index (χ4n) is 6.62. The minimum Gasteiger partial charge on any atom is -0.473 e. The fourth-order valence-corrected chi connectivity index (χ4v) is 8.18. The van der Waals surface area contributed by atoms with Crippen molar-refractivity contribution in [2.45, 2.75) is 63.2 Å². The van der Waals surface area contributed by atoms with Gasteiger partial charge in [-0.25, -0.2) is 14.4 Å². The third-order valence-electron chi connectivity index (χ3n) is 8.77. The van der Waals surface area contributed by atoms with Crippen LogP contribution in [0.2, 0.25) is 0 Å². The Balaban J connectivity index is 0.000000700. The first-order valence-electron chi connectivity index (χ1n) is 14.7. The van der Waals surface area contributed by atoms with Crippen molar-refractivity contribution < 1.29 is 49.3 Å². The molecule has 7 atom stereocenters. The quantitative estimate of drug-likeness (QED) is 0.0827. The first kappa shape index (κ1) is 34.3. The van der Waals surface area contributed by atoms with Crippen molar-refractivity contribution in [2.24, 2.45) is 17.8 Å². The van der Waals surface area contributed by atoms with E-state index in [2.05, 4.69) is 10.2 Å². The van der Waals surface area contributed by atoms with Crippen molar-refractivity contribution in [3.63, 3.8) is 0 Å². The molecule has 15 nitrogen and oxygen atoms in total. The van der Waals surface area contributed by atoms with Gasteiger partial charge in [-0.1, -0.05) is 6.92 Å². The third-order valence-corrected chi connectivity index (χ3v) is 10.3. The van der Waals surface area contributed by atoms with Gasteiger partial charge in [0, 0.05) is 40.8 Å². The number of β-lactam (4-membered cyclic amide) rings is 1. The number of esters is 1. The predicted octanol–water partition coefficient (Wildman–Crippen LogP) is 0.988. The summed E-state index contributed by atoms with van der Waals surface area (Å²) in [6.45, 7) is 6.11. The summed E-state index contributed by atoms with van der Waals surface area (Å²) in [5.74, 6) is -4.81. The minimum atomic E-state index is -1.82. The lowest BCUT2D eigenvalue weighted by molar-refractivity contribution is -0.384. The monoisotopic (exact) mass is 650 g/mol. The van der Waals surface area contributed by atoms with E-state index in [1.54, 1.807) is 18.7 Å². The normalized spacial score (nSPS) is 28.4. The number of hydrogen-bond acceptors (Lipinski definition) is 12. The molecule has 246 valence electrons. The number of nitro groups is 1. The standard InChI is InChI=1S/C27H36N4O7S.C2H2O4/c1-15-23-22(16(2)33)26(34)30(23)24(27(35)38-13-17-5-7-19(8-6-17)31(36)37)25(15)39-20-10-21(29(12-20)14-32)18-4-3-9-28-11-18;3-1(4)2(5)6/h5-8,15-16,18,20-23,28,32-33H,3-4,9-14H2,1-2H3;(H,3,4)(H,5,6)/t15?,16?,18?,20?,21?,22?,23-;/m0./s1. The molecule has 3 fully saturated rings. The van der Waals surface area contributed by atoms with Gasteiger partial charge in [0.15, 0.2) is 0 Å². The van der Waals surface area contributed by atoms with Crippen LogP contribution in [-0.2, 0) is 30.5 Å². The number of carboxylic acid groups (broad SMARTS) is 2. The minimum absolute atomic E-state index is 0.0195. The van der Waals surface area contributed by atoms with Crippen LogP contribution < -0.4 is 5.32 Å². The van der Waals surface area contributed by atoms with Gasteiger partial charge in [0.25, 0.3) is 5.69 Å². The number of carbonyl (C=O) groups excluding carboxylic acids is 2. The number of non-ortho nitro benzene ring substituents is 1. The van der Waals surface area contributed by atoms with E-state index >= 15 is 0 Å². The van der Waals surface area contributed by atoms with Gasteiger partial charge in [-0.15, -0.1) is 11.8 Å². The second-order valence-corrected chi connectivity index (χ2v) is 13.0. The molecule has 6 unspecified atom stereocenters. The topological polar surface area (TPSA) is 220 Å². The predicted molar refractivity (Wildman–Crippen MR) is 159 cm³/mol. The molecule has 0 spiro atoms. The van der Waals surface area contributed by atoms with Crippen molar-refractivity contribution in [1.29, 1.82) is 0 Å². The first-order chi connectivity index (χ1) is 21.3. The molecule has 5 N–H and O–H groups in total. The van der Waals surface area contributed by atoms with Crippen molar-refractivity contribution >= 4 is 41.3 Å². The van der Waals surface area contributed by atoms with Gasteiger partial charge in [0.05, 0.1) is 29.7 Å². The van der Waals surface area contributed by atoms with Gasteiger partial charge in [-0.05, 0) is 62.9 Å². The Morgan fingerprint density at radius 1 is 1.20 bits per heavy atom. The largest absolute Gasteiger partial charge is 0.473 e. The molecule has 0 saturated carbocycles. The second-order valence-electron chi connectivity index (χ2n) is 11.6. The van der Waals surface area contributed by atoms with Gasteiger partial charge in [-0.3, -0.25) is 19.8 Å². The highest BCUT2D eigenvalue weighted by molar-refractivity contribution is 8.03. The molecular weight excluding hydrogens is 612 g/mol. The lowest BCUT2D eigenvalue weighted by Gasteiger charge is -2.46. The molecule has 0 bridgehead atoms. The van der Waals surface area contributed by atoms with E-state index in [0.29, 0.717) is 18.0 Å². The number of nitrogens with zero attached hydrogens (tertiary/aromatic N) is 3. The van der Waals surface area contributed by atoms with Gasteiger partial charge in [-0.2, -0.15) is 0 Å². The van der Waals surface area contributed by atoms with Gasteiger partial charge < -0.3 is 35.4 Å². The summed E-state index contributed by atoms with van der Waals surface area (Å²) in [5, 5.41) is 49.7. The van der Waals surface area contributed by atoms with Crippen molar-refractivity contribution in [2.75, 3.05) is 26.4 Å². The number of thioether (sulfide) groups is 1. The molecule has 1 aromatic carbocycles. The number of amides is 1. The molecular formula is C29H38N4O11S. The van der Waals surface area contributed by atoms with Gasteiger partial charge in [0.1, 0.15) is 12.3 Å². The van der Waals surface area contributed by atoms with E-state index in [0.717, 1.165) is 37.3 Å². The van der Waals surface area contributed by atoms with E-state index in [1.807, 2.05) is 6.92 Å². The summed E-state index contributed by atoms with van der Waals surface area (Å²) >= 11 is 1.59. The number of rotatable bonds is 9. The Morgan fingerprint density at radius 2 is 1.87 bits per heavy atom. The van der Waals surface area contributed by atoms with E-state index in [-0.39, 0.29) is 53.9 Å². The lowest BCUT2D eigenvalue weighted by Crippen LogP contribution is -2.63. The van der Waals surface area contributed by atoms with Crippen molar-refractivity contribution in [3.05, 3.63) is 50.5 Å². The summed E-state index contributed by atoms with van der Waals surface area (Å²) < 4.78 is 5.62. The number of hydrogen-bond donors (Lipinski definition) is 5. The molecule has 1 aromatic rings. The molecule has 0 aromatic heterocycles. The maximum atomic E-state index is 13.5. The van der Waals surface area contributed by atoms with Crippen LogP contribution in [0.5, 0.6) is 0 Å². The zero-order chi connectivity index (χ0) is 33.0. The number of carboxylic acids is 2. The molecule has 16 heteroatoms. The number of fused-ring (bicyclic) bond motifs is 1. The van der Waals surface area contributed by atoms with Crippen LogP contribution in [0.15, 0.2) is 34.9 Å². The highest BCUT2D eigenvalue weighted by Gasteiger charge is 2.60. The number of aliphatic carboxylic acids is 2. The van der Waals surface area contributed by atoms with Gasteiger partial charge in [0.2, 0.25) is 5.91 Å². The molecule has 5 rings (SSSR count). The SMILES string of the molecule is CC(O)C1C(=O)N2C(C(=O)OCc3ccc([N+](=O)[O-])cc3)=C(SC3CC(C4CCCNC4)N(CO)C3)C(C)[C@@H]12.O=C(O)C(=O)O. The van der Waals surface area contributed by atoms with Crippen molar-refractivity contribution in [3.8, 4) is 0 Å². The summed E-state index contributed by atoms with van der Waals surface area (Å²) in [7, 11) is 0. The fraction of sp³-hybridized carbons (Fsp3) is 0.586. The molecule has 45 heavy (non-hydrogen) atoms. The molecule has 1 amide bonds. The second kappa shape index (κ2) is 14.7. The lowest BCUT2D eigenvalue weighted by atomic mass is 9.79. The molecule has 4 heterocycles. The first-order valence-corrected chi connectivity index (χ1v) is 15.6. The molecule has 3 saturated heterocycles. The summed E-state index contributed by atoms with van der Waals surface area (Å²) in [4.78, 5) is 59.5. The highest BCUT2D eigenvalue weighted by atomic mass is 32.2. The van der Waals surface area contributed by atoms with Gasteiger partial charge >= 0.3 is 17.9 Å². The smallest absolute Gasteiger partial charge is 0.414 e. The highest BCUT2D eigenvalue weighted by Crippen LogP contribution is 2.52. The van der Waals surface area contributed by atoms with Crippen LogP contribution in [0.3, 0.4) is 0 Å². The molecule has 4 aliphatic heterocycles. The summed E-state index contributed by atoms with van der Waals surface area (Å²) in [5.41, 5.74) is 0.783. The average Bonchev–Trinajstić information content (AvgIpc) is 3.53. The van der Waals surface area contributed by atoms with Crippen LogP contribution in [0, 0.1) is 27.9 Å². The number of nitro benzene ring substituents is 1. The number of aliphatic hydroxyl groups excluding tert-OH is 2. The number of carbonyl (C=O) groups is 4. The number of piperidine rings is 1. The Hall–Kier alpha value is -3.57. The van der Waals surface area contributed by atoms with E-state index in [1.165, 1.54) is 29.2 Å². The van der Waals surface area contributed by atoms with Crippen LogP contribution >= 0.6 is 11.8 Å². The Morgan fingerprint density at radius 3 is 2.40 bits per heavy atom. The summed E-state index contributed by atoms with van der Waals surface area (Å²) in [6, 6.07) is 5.73. The summed E-state index contributed by atoms with van der Waals surface area (Å²) in [6.07, 6.45) is 2.27. The van der Waals surface area contributed by atoms with Crippen LogP contribution in [0.4, 0.5) is 5.69 Å². The number of nitrogens with one attached hydrogen (secondary N) is 1. The van der Waals surface area contributed by atoms with Crippen LogP contribution in [-0.4, -0.2) is 109 Å². The average molecular weight is 651 g/mol. The number of aliphatic hydroxyl groups is 2.